The highest BCUT2D eigenvalue weighted by Crippen LogP contribution is 2.29. The van der Waals surface area contributed by atoms with Gasteiger partial charge in [-0.2, -0.15) is 23.4 Å². The Bertz CT molecular complexity index is 1360. The summed E-state index contributed by atoms with van der Waals surface area (Å²) in [5.41, 5.74) is 3.92. The Kier molecular flexibility index (Phi) is 6.96. The molecule has 1 amide bonds. The first-order chi connectivity index (χ1) is 17.1. The number of nitrogens with zero attached hydrogens (tertiary/aromatic N) is 5. The molecule has 0 radical (unpaired) electrons. The molecule has 4 aromatic rings. The van der Waals surface area contributed by atoms with Crippen LogP contribution in [0.15, 0.2) is 54.9 Å². The van der Waals surface area contributed by atoms with Crippen molar-refractivity contribution in [1.82, 2.24) is 29.9 Å². The Labute approximate surface area is 207 Å². The largest absolute Gasteiger partial charge is 0.417 e. The molecule has 36 heavy (non-hydrogen) atoms. The Morgan fingerprint density at radius 3 is 2.39 bits per heavy atom. The first kappa shape index (κ1) is 25.2. The van der Waals surface area contributed by atoms with Crippen LogP contribution in [0.3, 0.4) is 0 Å². The Morgan fingerprint density at radius 2 is 1.78 bits per heavy atom. The summed E-state index contributed by atoms with van der Waals surface area (Å²) < 4.78 is 42.1. The third-order valence-corrected chi connectivity index (χ3v) is 6.02. The summed E-state index contributed by atoms with van der Waals surface area (Å²) >= 11 is 0. The molecule has 0 aliphatic heterocycles. The lowest BCUT2D eigenvalue weighted by Crippen LogP contribution is -2.25. The van der Waals surface area contributed by atoms with Gasteiger partial charge in [-0.05, 0) is 37.5 Å². The Hall–Kier alpha value is -3.95. The van der Waals surface area contributed by atoms with Gasteiger partial charge in [-0.25, -0.2) is 9.67 Å². The molecule has 0 spiro atoms. The number of benzene rings is 1. The lowest BCUT2D eigenvalue weighted by Gasteiger charge is -2.13. The maximum Gasteiger partial charge on any atom is 0.417 e. The SMILES string of the molecule is Cc1nn(Cc2ccccc2)c(C)c1CNC(=O)c1cnn(-c2ccc(C(F)(F)F)cn2)c1C(C)C. The molecule has 0 bridgehead atoms. The van der Waals surface area contributed by atoms with Crippen molar-refractivity contribution in [2.75, 3.05) is 0 Å². The lowest BCUT2D eigenvalue weighted by atomic mass is 10.0. The van der Waals surface area contributed by atoms with Crippen molar-refractivity contribution < 1.29 is 18.0 Å². The quantitative estimate of drug-likeness (QED) is 0.382. The molecule has 0 aliphatic carbocycles. The lowest BCUT2D eigenvalue weighted by molar-refractivity contribution is -0.137. The number of pyridine rings is 1. The van der Waals surface area contributed by atoms with E-state index in [1.807, 2.05) is 62.7 Å². The number of hydrogen-bond donors (Lipinski definition) is 1. The molecule has 3 aromatic heterocycles. The fourth-order valence-corrected chi connectivity index (χ4v) is 4.11. The highest BCUT2D eigenvalue weighted by Gasteiger charge is 2.31. The van der Waals surface area contributed by atoms with Crippen LogP contribution in [0.1, 0.15) is 63.9 Å². The van der Waals surface area contributed by atoms with Crippen LogP contribution in [0.25, 0.3) is 5.82 Å². The van der Waals surface area contributed by atoms with Gasteiger partial charge < -0.3 is 5.32 Å². The molecule has 0 atom stereocenters. The van der Waals surface area contributed by atoms with Gasteiger partial charge in [0.15, 0.2) is 5.82 Å². The van der Waals surface area contributed by atoms with E-state index in [-0.39, 0.29) is 24.2 Å². The molecular formula is C26H27F3N6O. The van der Waals surface area contributed by atoms with Crippen molar-refractivity contribution in [3.8, 4) is 5.82 Å². The minimum Gasteiger partial charge on any atom is -0.348 e. The van der Waals surface area contributed by atoms with Crippen LogP contribution in [0, 0.1) is 13.8 Å². The molecule has 10 heteroatoms. The van der Waals surface area contributed by atoms with Crippen LogP contribution in [0.2, 0.25) is 0 Å². The van der Waals surface area contributed by atoms with E-state index >= 15 is 0 Å². The number of carbonyl (C=O) groups is 1. The summed E-state index contributed by atoms with van der Waals surface area (Å²) in [6, 6.07) is 12.2. The minimum atomic E-state index is -4.48. The smallest absolute Gasteiger partial charge is 0.348 e. The van der Waals surface area contributed by atoms with Gasteiger partial charge in [0.05, 0.1) is 35.3 Å². The third kappa shape index (κ3) is 5.17. The molecule has 1 N–H and O–H groups in total. The first-order valence-corrected chi connectivity index (χ1v) is 11.5. The summed E-state index contributed by atoms with van der Waals surface area (Å²) in [7, 11) is 0. The van der Waals surface area contributed by atoms with E-state index in [0.717, 1.165) is 34.8 Å². The molecule has 1 aromatic carbocycles. The zero-order valence-electron chi connectivity index (χ0n) is 20.5. The molecule has 0 saturated heterocycles. The van der Waals surface area contributed by atoms with E-state index in [4.69, 9.17) is 0 Å². The Balaban J connectivity index is 1.53. The van der Waals surface area contributed by atoms with E-state index in [9.17, 15) is 18.0 Å². The topological polar surface area (TPSA) is 77.6 Å². The molecule has 0 saturated carbocycles. The number of aryl methyl sites for hydroxylation is 1. The average molecular weight is 497 g/mol. The fourth-order valence-electron chi connectivity index (χ4n) is 4.11. The van der Waals surface area contributed by atoms with E-state index in [1.54, 1.807) is 0 Å². The van der Waals surface area contributed by atoms with E-state index in [1.165, 1.54) is 16.9 Å². The van der Waals surface area contributed by atoms with Gasteiger partial charge in [-0.1, -0.05) is 44.2 Å². The van der Waals surface area contributed by atoms with Crippen molar-refractivity contribution in [3.63, 3.8) is 0 Å². The molecule has 7 nitrogen and oxygen atoms in total. The predicted octanol–water partition coefficient (Wildman–Crippen LogP) is 5.20. The maximum atomic E-state index is 13.1. The predicted molar refractivity (Wildman–Crippen MR) is 129 cm³/mol. The summed E-state index contributed by atoms with van der Waals surface area (Å²) in [5, 5.41) is 11.8. The Morgan fingerprint density at radius 1 is 1.06 bits per heavy atom. The standard InChI is InChI=1S/C26H27F3N6O/c1-16(2)24-22(14-32-35(24)23-11-10-20(12-30-23)26(27,28)29)25(36)31-13-21-17(3)33-34(18(21)4)15-19-8-6-5-7-9-19/h5-12,14,16H,13,15H2,1-4H3,(H,31,36). The van der Waals surface area contributed by atoms with Gasteiger partial charge in [0.2, 0.25) is 0 Å². The molecule has 4 rings (SSSR count). The summed E-state index contributed by atoms with van der Waals surface area (Å²) in [4.78, 5) is 17.1. The second kappa shape index (κ2) is 9.96. The normalized spacial score (nSPS) is 11.8. The molecule has 188 valence electrons. The van der Waals surface area contributed by atoms with Crippen molar-refractivity contribution in [1.29, 1.82) is 0 Å². The number of carbonyl (C=O) groups excluding carboxylic acids is 1. The third-order valence-electron chi connectivity index (χ3n) is 6.02. The van der Waals surface area contributed by atoms with Gasteiger partial charge in [0, 0.05) is 24.0 Å². The second-order valence-corrected chi connectivity index (χ2v) is 8.89. The van der Waals surface area contributed by atoms with Gasteiger partial charge in [-0.3, -0.25) is 9.48 Å². The maximum absolute atomic E-state index is 13.1. The highest BCUT2D eigenvalue weighted by atomic mass is 19.4. The second-order valence-electron chi connectivity index (χ2n) is 8.89. The number of nitrogens with one attached hydrogen (secondary N) is 1. The zero-order chi connectivity index (χ0) is 26.0. The fraction of sp³-hybridized carbons (Fsp3) is 0.308. The molecule has 3 heterocycles. The number of halogens is 3. The highest BCUT2D eigenvalue weighted by molar-refractivity contribution is 5.95. The number of rotatable bonds is 7. The number of amides is 1. The zero-order valence-corrected chi connectivity index (χ0v) is 20.5. The van der Waals surface area contributed by atoms with Crippen LogP contribution >= 0.6 is 0 Å². The van der Waals surface area contributed by atoms with Crippen LogP contribution in [-0.2, 0) is 19.3 Å². The van der Waals surface area contributed by atoms with Crippen LogP contribution in [0.5, 0.6) is 0 Å². The van der Waals surface area contributed by atoms with Crippen molar-refractivity contribution in [2.45, 2.75) is 52.9 Å². The minimum absolute atomic E-state index is 0.130. The van der Waals surface area contributed by atoms with Crippen molar-refractivity contribution >= 4 is 5.91 Å². The number of aromatic nitrogens is 5. The van der Waals surface area contributed by atoms with E-state index in [2.05, 4.69) is 20.5 Å². The van der Waals surface area contributed by atoms with E-state index < -0.39 is 11.7 Å². The molecule has 0 unspecified atom stereocenters. The van der Waals surface area contributed by atoms with Gasteiger partial charge >= 0.3 is 6.18 Å². The van der Waals surface area contributed by atoms with Crippen molar-refractivity contribution in [2.24, 2.45) is 0 Å². The number of alkyl halides is 3. The molecule has 0 aliphatic rings. The average Bonchev–Trinajstić information content (AvgIpc) is 3.39. The van der Waals surface area contributed by atoms with Crippen LogP contribution < -0.4 is 5.32 Å². The number of hydrogen-bond acceptors (Lipinski definition) is 4. The summed E-state index contributed by atoms with van der Waals surface area (Å²) in [6.45, 7) is 8.56. The van der Waals surface area contributed by atoms with Gasteiger partial charge in [0.1, 0.15) is 0 Å². The van der Waals surface area contributed by atoms with Crippen LogP contribution in [-0.4, -0.2) is 30.5 Å². The monoisotopic (exact) mass is 496 g/mol. The van der Waals surface area contributed by atoms with Gasteiger partial charge in [0.25, 0.3) is 5.91 Å². The summed E-state index contributed by atoms with van der Waals surface area (Å²) in [6.07, 6.45) is -2.30. The summed E-state index contributed by atoms with van der Waals surface area (Å²) in [5.74, 6) is -0.250. The van der Waals surface area contributed by atoms with Crippen molar-refractivity contribution in [3.05, 3.63) is 94.2 Å². The van der Waals surface area contributed by atoms with E-state index in [0.29, 0.717) is 17.8 Å². The van der Waals surface area contributed by atoms with Crippen LogP contribution in [0.4, 0.5) is 13.2 Å². The van der Waals surface area contributed by atoms with Gasteiger partial charge in [-0.15, -0.1) is 0 Å². The molecular weight excluding hydrogens is 469 g/mol. The molecule has 0 fully saturated rings. The first-order valence-electron chi connectivity index (χ1n) is 11.5.